The number of amides is 1. The molecule has 1 amide bonds. The normalized spacial score (nSPS) is 11.6. The summed E-state index contributed by atoms with van der Waals surface area (Å²) in [7, 11) is 0. The molecule has 0 radical (unpaired) electrons. The van der Waals surface area contributed by atoms with Crippen LogP contribution in [0.25, 0.3) is 0 Å². The summed E-state index contributed by atoms with van der Waals surface area (Å²) < 4.78 is 0.916. The average molecular weight is 299 g/mol. The zero-order valence-corrected chi connectivity index (χ0v) is 12.3. The van der Waals surface area contributed by atoms with Crippen LogP contribution in [0.3, 0.4) is 0 Å². The molecule has 3 nitrogen and oxygen atoms in total. The summed E-state index contributed by atoms with van der Waals surface area (Å²) in [5.74, 6) is 0.466. The van der Waals surface area contributed by atoms with Gasteiger partial charge in [0.05, 0.1) is 11.1 Å². The Morgan fingerprint density at radius 3 is 2.59 bits per heavy atom. The van der Waals surface area contributed by atoms with Crippen molar-refractivity contribution in [3.05, 3.63) is 28.5 Å². The Morgan fingerprint density at radius 2 is 2.12 bits per heavy atom. The van der Waals surface area contributed by atoms with E-state index in [-0.39, 0.29) is 5.91 Å². The lowest BCUT2D eigenvalue weighted by atomic mass is 9.87. The standard InChI is InChI=1S/C13H19BrN2O/c1-9(2)7-16-12(17)13(3,4)11-6-5-10(14)8-15-11/h5-6,8-9H,7H2,1-4H3,(H,16,17). The predicted octanol–water partition coefficient (Wildman–Crippen LogP) is 2.89. The highest BCUT2D eigenvalue weighted by atomic mass is 79.9. The second-order valence-electron chi connectivity index (χ2n) is 5.09. The fraction of sp³-hybridized carbons (Fsp3) is 0.538. The molecule has 1 rings (SSSR count). The molecule has 17 heavy (non-hydrogen) atoms. The third-order valence-corrected chi connectivity index (χ3v) is 3.08. The molecule has 0 saturated heterocycles. The third-order valence-electron chi connectivity index (χ3n) is 2.61. The number of nitrogens with zero attached hydrogens (tertiary/aromatic N) is 1. The zero-order valence-electron chi connectivity index (χ0n) is 10.7. The summed E-state index contributed by atoms with van der Waals surface area (Å²) in [4.78, 5) is 16.4. The lowest BCUT2D eigenvalue weighted by molar-refractivity contribution is -0.125. The quantitative estimate of drug-likeness (QED) is 0.929. The summed E-state index contributed by atoms with van der Waals surface area (Å²) in [6, 6.07) is 3.78. The molecular weight excluding hydrogens is 280 g/mol. The maximum absolute atomic E-state index is 12.1. The Hall–Kier alpha value is -0.900. The molecule has 4 heteroatoms. The maximum atomic E-state index is 12.1. The zero-order chi connectivity index (χ0) is 13.1. The van der Waals surface area contributed by atoms with E-state index in [9.17, 15) is 4.79 Å². The molecule has 0 aromatic carbocycles. The largest absolute Gasteiger partial charge is 0.355 e. The van der Waals surface area contributed by atoms with E-state index >= 15 is 0 Å². The number of rotatable bonds is 4. The van der Waals surface area contributed by atoms with E-state index in [2.05, 4.69) is 40.1 Å². The average Bonchev–Trinajstić information content (AvgIpc) is 2.26. The van der Waals surface area contributed by atoms with Crippen LogP contribution in [0, 0.1) is 5.92 Å². The van der Waals surface area contributed by atoms with Crippen molar-refractivity contribution in [2.45, 2.75) is 33.1 Å². The van der Waals surface area contributed by atoms with Crippen LogP contribution in [0.2, 0.25) is 0 Å². The Morgan fingerprint density at radius 1 is 1.47 bits per heavy atom. The topological polar surface area (TPSA) is 42.0 Å². The summed E-state index contributed by atoms with van der Waals surface area (Å²) in [5.41, 5.74) is 0.178. The Labute approximate surface area is 111 Å². The van der Waals surface area contributed by atoms with Gasteiger partial charge in [-0.3, -0.25) is 9.78 Å². The maximum Gasteiger partial charge on any atom is 0.231 e. The fourth-order valence-electron chi connectivity index (χ4n) is 1.38. The van der Waals surface area contributed by atoms with Crippen molar-refractivity contribution < 1.29 is 4.79 Å². The molecule has 0 atom stereocenters. The van der Waals surface area contributed by atoms with Gasteiger partial charge in [-0.25, -0.2) is 0 Å². The van der Waals surface area contributed by atoms with Crippen molar-refractivity contribution in [3.63, 3.8) is 0 Å². The highest BCUT2D eigenvalue weighted by Gasteiger charge is 2.30. The van der Waals surface area contributed by atoms with Crippen molar-refractivity contribution >= 4 is 21.8 Å². The summed E-state index contributed by atoms with van der Waals surface area (Å²) in [6.45, 7) is 8.62. The highest BCUT2D eigenvalue weighted by Crippen LogP contribution is 2.22. The van der Waals surface area contributed by atoms with Crippen LogP contribution >= 0.6 is 15.9 Å². The van der Waals surface area contributed by atoms with Gasteiger partial charge in [-0.1, -0.05) is 13.8 Å². The summed E-state index contributed by atoms with van der Waals surface area (Å²) in [5, 5.41) is 2.94. The highest BCUT2D eigenvalue weighted by molar-refractivity contribution is 9.10. The van der Waals surface area contributed by atoms with Gasteiger partial charge in [0.25, 0.3) is 0 Å². The van der Waals surface area contributed by atoms with E-state index in [0.29, 0.717) is 12.5 Å². The van der Waals surface area contributed by atoms with Crippen molar-refractivity contribution in [1.29, 1.82) is 0 Å². The van der Waals surface area contributed by atoms with Gasteiger partial charge in [0.2, 0.25) is 5.91 Å². The predicted molar refractivity (Wildman–Crippen MR) is 72.8 cm³/mol. The van der Waals surface area contributed by atoms with Gasteiger partial charge in [0, 0.05) is 17.2 Å². The molecule has 0 bridgehead atoms. The van der Waals surface area contributed by atoms with E-state index in [4.69, 9.17) is 0 Å². The number of hydrogen-bond acceptors (Lipinski definition) is 2. The number of carbonyl (C=O) groups is 1. The molecule has 0 fully saturated rings. The molecule has 0 spiro atoms. The Kier molecular flexibility index (Phi) is 4.69. The van der Waals surface area contributed by atoms with Gasteiger partial charge in [-0.15, -0.1) is 0 Å². The number of aromatic nitrogens is 1. The molecule has 1 N–H and O–H groups in total. The van der Waals surface area contributed by atoms with E-state index in [0.717, 1.165) is 10.2 Å². The van der Waals surface area contributed by atoms with Gasteiger partial charge in [-0.2, -0.15) is 0 Å². The lowest BCUT2D eigenvalue weighted by Gasteiger charge is -2.23. The monoisotopic (exact) mass is 298 g/mol. The van der Waals surface area contributed by atoms with E-state index in [1.54, 1.807) is 6.20 Å². The minimum Gasteiger partial charge on any atom is -0.355 e. The van der Waals surface area contributed by atoms with Crippen LogP contribution in [0.1, 0.15) is 33.4 Å². The van der Waals surface area contributed by atoms with Crippen LogP contribution in [0.4, 0.5) is 0 Å². The van der Waals surface area contributed by atoms with E-state index in [1.807, 2.05) is 26.0 Å². The first-order valence-electron chi connectivity index (χ1n) is 5.74. The van der Waals surface area contributed by atoms with Gasteiger partial charge in [0.15, 0.2) is 0 Å². The Balaban J connectivity index is 2.79. The molecule has 1 heterocycles. The summed E-state index contributed by atoms with van der Waals surface area (Å²) in [6.07, 6.45) is 1.72. The van der Waals surface area contributed by atoms with Crippen LogP contribution in [-0.4, -0.2) is 17.4 Å². The smallest absolute Gasteiger partial charge is 0.231 e. The molecule has 0 unspecified atom stereocenters. The second kappa shape index (κ2) is 5.63. The van der Waals surface area contributed by atoms with Crippen LogP contribution in [0.15, 0.2) is 22.8 Å². The molecule has 1 aromatic heterocycles. The first-order valence-corrected chi connectivity index (χ1v) is 6.53. The minimum atomic E-state index is -0.602. The van der Waals surface area contributed by atoms with Crippen molar-refractivity contribution in [2.75, 3.05) is 6.54 Å². The number of nitrogens with one attached hydrogen (secondary N) is 1. The molecule has 0 aliphatic rings. The van der Waals surface area contributed by atoms with E-state index < -0.39 is 5.41 Å². The Bertz CT molecular complexity index is 385. The lowest BCUT2D eigenvalue weighted by Crippen LogP contribution is -2.42. The number of pyridine rings is 1. The SMILES string of the molecule is CC(C)CNC(=O)C(C)(C)c1ccc(Br)cn1. The van der Waals surface area contributed by atoms with Gasteiger partial charge in [0.1, 0.15) is 0 Å². The van der Waals surface area contributed by atoms with Crippen molar-refractivity contribution in [1.82, 2.24) is 10.3 Å². The van der Waals surface area contributed by atoms with Gasteiger partial charge >= 0.3 is 0 Å². The molecule has 94 valence electrons. The van der Waals surface area contributed by atoms with Crippen LogP contribution in [0.5, 0.6) is 0 Å². The first-order chi connectivity index (χ1) is 7.84. The molecule has 1 aromatic rings. The van der Waals surface area contributed by atoms with Gasteiger partial charge < -0.3 is 5.32 Å². The van der Waals surface area contributed by atoms with Crippen LogP contribution < -0.4 is 5.32 Å². The minimum absolute atomic E-state index is 0.0148. The molecular formula is C13H19BrN2O. The third kappa shape index (κ3) is 3.80. The van der Waals surface area contributed by atoms with Crippen molar-refractivity contribution in [2.24, 2.45) is 5.92 Å². The molecule has 0 aliphatic carbocycles. The van der Waals surface area contributed by atoms with Gasteiger partial charge in [-0.05, 0) is 47.8 Å². The first kappa shape index (κ1) is 14.2. The molecule has 0 aliphatic heterocycles. The van der Waals surface area contributed by atoms with E-state index in [1.165, 1.54) is 0 Å². The number of hydrogen-bond donors (Lipinski definition) is 1. The second-order valence-corrected chi connectivity index (χ2v) is 6.01. The number of halogens is 1. The van der Waals surface area contributed by atoms with Crippen LogP contribution in [-0.2, 0) is 10.2 Å². The molecule has 0 saturated carbocycles. The van der Waals surface area contributed by atoms with Crippen molar-refractivity contribution in [3.8, 4) is 0 Å². The fourth-order valence-corrected chi connectivity index (χ4v) is 1.61. The number of carbonyl (C=O) groups excluding carboxylic acids is 1. The summed E-state index contributed by atoms with van der Waals surface area (Å²) >= 11 is 3.34.